The molecule has 0 aliphatic rings. The first-order valence-electron chi connectivity index (χ1n) is 5.94. The lowest BCUT2D eigenvalue weighted by molar-refractivity contribution is 0.626. The van der Waals surface area contributed by atoms with Crippen LogP contribution in [-0.4, -0.2) is 29.1 Å². The van der Waals surface area contributed by atoms with Gasteiger partial charge in [0, 0.05) is 19.8 Å². The van der Waals surface area contributed by atoms with Crippen molar-refractivity contribution in [3.63, 3.8) is 0 Å². The maximum absolute atomic E-state index is 12.9. The lowest BCUT2D eigenvalue weighted by Gasteiger charge is -2.10. The Morgan fingerprint density at radius 3 is 2.32 bits per heavy atom. The largest absolute Gasteiger partial charge is 0.378 e. The second kappa shape index (κ2) is 4.35. The van der Waals surface area contributed by atoms with Crippen LogP contribution in [0.1, 0.15) is 0 Å². The number of anilines is 1. The van der Waals surface area contributed by atoms with Crippen LogP contribution in [0.4, 0.5) is 10.1 Å². The van der Waals surface area contributed by atoms with Crippen LogP contribution in [0, 0.1) is 5.82 Å². The van der Waals surface area contributed by atoms with Crippen molar-refractivity contribution in [3.05, 3.63) is 48.3 Å². The Morgan fingerprint density at radius 2 is 1.63 bits per heavy atom. The number of hydrogen-bond donors (Lipinski definition) is 0. The molecule has 4 nitrogen and oxygen atoms in total. The summed E-state index contributed by atoms with van der Waals surface area (Å²) in [5.74, 6) is -0.268. The van der Waals surface area contributed by atoms with Crippen molar-refractivity contribution in [3.8, 4) is 5.69 Å². The zero-order chi connectivity index (χ0) is 13.4. The lowest BCUT2D eigenvalue weighted by atomic mass is 10.2. The molecule has 0 amide bonds. The molecule has 2 aromatic carbocycles. The van der Waals surface area contributed by atoms with E-state index in [1.54, 1.807) is 12.1 Å². The Labute approximate surface area is 110 Å². The van der Waals surface area contributed by atoms with Crippen molar-refractivity contribution in [2.75, 3.05) is 19.0 Å². The summed E-state index contributed by atoms with van der Waals surface area (Å²) in [6.45, 7) is 0. The highest BCUT2D eigenvalue weighted by Gasteiger charge is 2.06. The van der Waals surface area contributed by atoms with Crippen molar-refractivity contribution in [2.45, 2.75) is 0 Å². The Hall–Kier alpha value is -2.43. The van der Waals surface area contributed by atoms with Crippen molar-refractivity contribution < 1.29 is 4.39 Å². The van der Waals surface area contributed by atoms with Crippen LogP contribution in [0.15, 0.2) is 42.5 Å². The van der Waals surface area contributed by atoms with Gasteiger partial charge in [0.05, 0.1) is 5.69 Å². The normalized spacial score (nSPS) is 10.9. The summed E-state index contributed by atoms with van der Waals surface area (Å²) < 4.78 is 12.9. The van der Waals surface area contributed by atoms with E-state index in [4.69, 9.17) is 0 Å². The molecule has 0 aliphatic heterocycles. The predicted octanol–water partition coefficient (Wildman–Crippen LogP) is 2.63. The molecule has 5 heteroatoms. The molecule has 19 heavy (non-hydrogen) atoms. The SMILES string of the molecule is CN(C)c1ccc2nn(-c3ccc(F)cc3)nc2c1. The van der Waals surface area contributed by atoms with Crippen molar-refractivity contribution in [1.82, 2.24) is 15.0 Å². The quantitative estimate of drug-likeness (QED) is 0.706. The first-order chi connectivity index (χ1) is 9.13. The predicted molar refractivity (Wildman–Crippen MR) is 73.2 cm³/mol. The molecule has 1 aromatic heterocycles. The number of fused-ring (bicyclic) bond motifs is 1. The van der Waals surface area contributed by atoms with Gasteiger partial charge in [0.1, 0.15) is 16.9 Å². The highest BCUT2D eigenvalue weighted by Crippen LogP contribution is 2.19. The topological polar surface area (TPSA) is 34.0 Å². The van der Waals surface area contributed by atoms with E-state index in [1.165, 1.54) is 16.9 Å². The summed E-state index contributed by atoms with van der Waals surface area (Å²) in [5.41, 5.74) is 3.44. The van der Waals surface area contributed by atoms with Gasteiger partial charge in [0.2, 0.25) is 0 Å². The number of hydrogen-bond acceptors (Lipinski definition) is 3. The third-order valence-electron chi connectivity index (χ3n) is 2.94. The number of halogens is 1. The van der Waals surface area contributed by atoms with Crippen molar-refractivity contribution in [2.24, 2.45) is 0 Å². The number of rotatable bonds is 2. The monoisotopic (exact) mass is 256 g/mol. The van der Waals surface area contributed by atoms with Gasteiger partial charge in [-0.2, -0.15) is 4.80 Å². The molecule has 0 fully saturated rings. The van der Waals surface area contributed by atoms with Gasteiger partial charge < -0.3 is 4.90 Å². The van der Waals surface area contributed by atoms with E-state index in [9.17, 15) is 4.39 Å². The summed E-state index contributed by atoms with van der Waals surface area (Å²) >= 11 is 0. The first kappa shape index (κ1) is 11.6. The van der Waals surface area contributed by atoms with Gasteiger partial charge in [-0.25, -0.2) is 4.39 Å². The minimum atomic E-state index is -0.268. The zero-order valence-electron chi connectivity index (χ0n) is 10.7. The number of benzene rings is 2. The fourth-order valence-corrected chi connectivity index (χ4v) is 1.87. The molecular weight excluding hydrogens is 243 g/mol. The smallest absolute Gasteiger partial charge is 0.123 e. The highest BCUT2D eigenvalue weighted by molar-refractivity contribution is 5.78. The van der Waals surface area contributed by atoms with Gasteiger partial charge in [-0.1, -0.05) is 0 Å². The Kier molecular flexibility index (Phi) is 2.67. The van der Waals surface area contributed by atoms with E-state index in [0.717, 1.165) is 22.4 Å². The fourth-order valence-electron chi connectivity index (χ4n) is 1.87. The Bertz CT molecular complexity index is 716. The van der Waals surface area contributed by atoms with E-state index in [0.29, 0.717) is 0 Å². The van der Waals surface area contributed by atoms with Crippen LogP contribution in [0.2, 0.25) is 0 Å². The summed E-state index contributed by atoms with van der Waals surface area (Å²) in [7, 11) is 3.96. The maximum atomic E-state index is 12.9. The van der Waals surface area contributed by atoms with Gasteiger partial charge in [0.15, 0.2) is 0 Å². The van der Waals surface area contributed by atoms with Crippen LogP contribution >= 0.6 is 0 Å². The van der Waals surface area contributed by atoms with Gasteiger partial charge in [-0.3, -0.25) is 0 Å². The lowest BCUT2D eigenvalue weighted by Crippen LogP contribution is -2.07. The standard InChI is InChI=1S/C14H13FN4/c1-18(2)12-7-8-13-14(9-12)17-19(16-13)11-5-3-10(15)4-6-11/h3-9H,1-2H3. The van der Waals surface area contributed by atoms with Crippen LogP contribution in [0.3, 0.4) is 0 Å². The maximum Gasteiger partial charge on any atom is 0.123 e. The molecule has 0 spiro atoms. The molecule has 96 valence electrons. The highest BCUT2D eigenvalue weighted by atomic mass is 19.1. The average molecular weight is 256 g/mol. The van der Waals surface area contributed by atoms with Gasteiger partial charge >= 0.3 is 0 Å². The van der Waals surface area contributed by atoms with E-state index in [2.05, 4.69) is 10.2 Å². The molecule has 0 atom stereocenters. The second-order valence-corrected chi connectivity index (χ2v) is 4.53. The van der Waals surface area contributed by atoms with Crippen molar-refractivity contribution in [1.29, 1.82) is 0 Å². The third kappa shape index (κ3) is 2.14. The van der Waals surface area contributed by atoms with Crippen LogP contribution in [-0.2, 0) is 0 Å². The second-order valence-electron chi connectivity index (χ2n) is 4.53. The van der Waals surface area contributed by atoms with Crippen molar-refractivity contribution >= 4 is 16.7 Å². The zero-order valence-corrected chi connectivity index (χ0v) is 10.7. The van der Waals surface area contributed by atoms with Gasteiger partial charge in [-0.15, -0.1) is 10.2 Å². The third-order valence-corrected chi connectivity index (χ3v) is 2.94. The molecule has 3 rings (SSSR count). The summed E-state index contributed by atoms with van der Waals surface area (Å²) in [4.78, 5) is 3.53. The summed E-state index contributed by atoms with van der Waals surface area (Å²) in [6.07, 6.45) is 0. The van der Waals surface area contributed by atoms with E-state index < -0.39 is 0 Å². The minimum absolute atomic E-state index is 0.268. The molecule has 0 radical (unpaired) electrons. The first-order valence-corrected chi connectivity index (χ1v) is 5.94. The molecule has 1 heterocycles. The van der Waals surface area contributed by atoms with Gasteiger partial charge in [0.25, 0.3) is 0 Å². The van der Waals surface area contributed by atoms with E-state index in [1.807, 2.05) is 37.2 Å². The summed E-state index contributed by atoms with van der Waals surface area (Å²) in [6, 6.07) is 12.0. The van der Waals surface area contributed by atoms with E-state index in [-0.39, 0.29) is 5.82 Å². The van der Waals surface area contributed by atoms with Crippen LogP contribution < -0.4 is 4.90 Å². The van der Waals surface area contributed by atoms with E-state index >= 15 is 0 Å². The van der Waals surface area contributed by atoms with Crippen LogP contribution in [0.25, 0.3) is 16.7 Å². The minimum Gasteiger partial charge on any atom is -0.378 e. The molecular formula is C14H13FN4. The molecule has 0 saturated heterocycles. The molecule has 0 N–H and O–H groups in total. The molecule has 0 bridgehead atoms. The Morgan fingerprint density at radius 1 is 0.947 bits per heavy atom. The Balaban J connectivity index is 2.08. The summed E-state index contributed by atoms with van der Waals surface area (Å²) in [5, 5.41) is 8.79. The fraction of sp³-hybridized carbons (Fsp3) is 0.143. The number of aromatic nitrogens is 3. The molecule has 0 aliphatic carbocycles. The van der Waals surface area contributed by atoms with Crippen LogP contribution in [0.5, 0.6) is 0 Å². The van der Waals surface area contributed by atoms with Gasteiger partial charge in [-0.05, 0) is 42.5 Å². The molecule has 0 saturated carbocycles. The molecule has 3 aromatic rings. The number of nitrogens with zero attached hydrogens (tertiary/aromatic N) is 4. The average Bonchev–Trinajstić information content (AvgIpc) is 2.82. The molecule has 0 unspecified atom stereocenters.